The molecule has 0 aliphatic rings. The van der Waals surface area contributed by atoms with Crippen molar-refractivity contribution in [2.75, 3.05) is 5.32 Å². The number of para-hydroxylation sites is 1. The molecule has 32 heavy (non-hydrogen) atoms. The van der Waals surface area contributed by atoms with Gasteiger partial charge in [-0.1, -0.05) is 78.3 Å². The summed E-state index contributed by atoms with van der Waals surface area (Å²) in [5.41, 5.74) is 3.67. The second-order valence-corrected chi connectivity index (χ2v) is 10.1. The van der Waals surface area contributed by atoms with E-state index in [0.717, 1.165) is 39.7 Å². The second-order valence-electron chi connectivity index (χ2n) is 7.47. The number of hydrogen-bond donors (Lipinski definition) is 2. The molecule has 5 nitrogen and oxygen atoms in total. The average Bonchev–Trinajstić information content (AvgIpc) is 2.79. The number of amides is 1. The number of carbonyl (C=O) groups is 1. The molecule has 0 unspecified atom stereocenters. The van der Waals surface area contributed by atoms with Gasteiger partial charge in [-0.05, 0) is 60.2 Å². The minimum atomic E-state index is -3.90. The Balaban J connectivity index is 1.92. The summed E-state index contributed by atoms with van der Waals surface area (Å²) in [4.78, 5) is 13.5. The topological polar surface area (TPSA) is 75.3 Å². The Morgan fingerprint density at radius 1 is 0.875 bits per heavy atom. The van der Waals surface area contributed by atoms with E-state index in [1.807, 2.05) is 62.4 Å². The lowest BCUT2D eigenvalue weighted by Gasteiger charge is -2.21. The summed E-state index contributed by atoms with van der Waals surface area (Å²) in [5.74, 6) is -0.384. The van der Waals surface area contributed by atoms with Crippen LogP contribution in [-0.4, -0.2) is 20.4 Å². The molecule has 0 fully saturated rings. The molecule has 3 rings (SSSR count). The number of aryl methyl sites for hydroxylation is 2. The van der Waals surface area contributed by atoms with Crippen molar-refractivity contribution < 1.29 is 13.2 Å². The predicted molar refractivity (Wildman–Crippen MR) is 132 cm³/mol. The van der Waals surface area contributed by atoms with E-state index in [4.69, 9.17) is 0 Å². The molecule has 1 atom stereocenters. The molecule has 0 aliphatic carbocycles. The fraction of sp³-hybridized carbons (Fsp3) is 0.240. The number of rotatable bonds is 9. The Hall–Kier alpha value is -2.48. The van der Waals surface area contributed by atoms with Gasteiger partial charge in [0.05, 0.1) is 4.90 Å². The Bertz CT molecular complexity index is 1140. The van der Waals surface area contributed by atoms with Gasteiger partial charge in [0.25, 0.3) is 0 Å². The van der Waals surface area contributed by atoms with E-state index in [1.165, 1.54) is 12.1 Å². The van der Waals surface area contributed by atoms with E-state index in [9.17, 15) is 13.2 Å². The van der Waals surface area contributed by atoms with Gasteiger partial charge >= 0.3 is 0 Å². The average molecular weight is 515 g/mol. The van der Waals surface area contributed by atoms with Gasteiger partial charge < -0.3 is 5.32 Å². The van der Waals surface area contributed by atoms with Crippen LogP contribution in [0.2, 0.25) is 0 Å². The van der Waals surface area contributed by atoms with Gasteiger partial charge in [0.1, 0.15) is 6.04 Å². The zero-order valence-electron chi connectivity index (χ0n) is 18.1. The summed E-state index contributed by atoms with van der Waals surface area (Å²) in [6.07, 6.45) is 1.76. The van der Waals surface area contributed by atoms with Gasteiger partial charge in [-0.3, -0.25) is 4.79 Å². The van der Waals surface area contributed by atoms with Crippen LogP contribution in [0.3, 0.4) is 0 Å². The monoisotopic (exact) mass is 514 g/mol. The summed E-state index contributed by atoms with van der Waals surface area (Å²) in [5, 5.41) is 3.01. The molecule has 7 heteroatoms. The van der Waals surface area contributed by atoms with Crippen LogP contribution in [0.1, 0.15) is 30.5 Å². The molecule has 3 aromatic rings. The van der Waals surface area contributed by atoms with Crippen molar-refractivity contribution in [3.8, 4) is 0 Å². The zero-order valence-corrected chi connectivity index (χ0v) is 20.5. The van der Waals surface area contributed by atoms with E-state index in [-0.39, 0.29) is 17.2 Å². The van der Waals surface area contributed by atoms with Crippen LogP contribution in [0.4, 0.5) is 5.69 Å². The minimum absolute atomic E-state index is 0.106. The largest absolute Gasteiger partial charge is 0.324 e. The summed E-state index contributed by atoms with van der Waals surface area (Å²) >= 11 is 3.32. The van der Waals surface area contributed by atoms with Gasteiger partial charge in [-0.25, -0.2) is 8.42 Å². The van der Waals surface area contributed by atoms with E-state index in [2.05, 4.69) is 26.0 Å². The highest BCUT2D eigenvalue weighted by molar-refractivity contribution is 9.10. The van der Waals surface area contributed by atoms with Crippen LogP contribution in [0.25, 0.3) is 0 Å². The molecule has 3 aromatic carbocycles. The Morgan fingerprint density at radius 2 is 1.47 bits per heavy atom. The first-order chi connectivity index (χ1) is 15.3. The molecule has 1 amide bonds. The summed E-state index contributed by atoms with van der Waals surface area (Å²) in [6.45, 7) is 4.06. The Labute approximate surface area is 198 Å². The number of sulfonamides is 1. The van der Waals surface area contributed by atoms with E-state index in [1.54, 1.807) is 12.1 Å². The molecule has 0 radical (unpaired) electrons. The molecule has 168 valence electrons. The van der Waals surface area contributed by atoms with Gasteiger partial charge in [0, 0.05) is 10.2 Å². The summed E-state index contributed by atoms with van der Waals surface area (Å²) in [6, 6.07) is 20.7. The highest BCUT2D eigenvalue weighted by atomic mass is 79.9. The lowest BCUT2D eigenvalue weighted by atomic mass is 10.0. The number of halogens is 1. The van der Waals surface area contributed by atoms with Gasteiger partial charge in [0.15, 0.2) is 0 Å². The third-order valence-corrected chi connectivity index (χ3v) is 7.28. The van der Waals surface area contributed by atoms with Crippen molar-refractivity contribution in [1.82, 2.24) is 4.72 Å². The number of benzene rings is 3. The fourth-order valence-corrected chi connectivity index (χ4v) is 4.98. The van der Waals surface area contributed by atoms with Crippen molar-refractivity contribution in [2.24, 2.45) is 0 Å². The maximum absolute atomic E-state index is 13.4. The first-order valence-corrected chi connectivity index (χ1v) is 12.8. The number of nitrogens with one attached hydrogen (secondary N) is 2. The van der Waals surface area contributed by atoms with E-state index < -0.39 is 16.1 Å². The summed E-state index contributed by atoms with van der Waals surface area (Å²) in [7, 11) is -3.90. The first kappa shape index (κ1) is 24.2. The van der Waals surface area contributed by atoms with E-state index in [0.29, 0.717) is 0 Å². The van der Waals surface area contributed by atoms with Crippen molar-refractivity contribution >= 4 is 37.5 Å². The van der Waals surface area contributed by atoms with Crippen molar-refractivity contribution in [3.05, 3.63) is 94.0 Å². The smallest absolute Gasteiger partial charge is 0.242 e. The number of anilines is 1. The van der Waals surface area contributed by atoms with Gasteiger partial charge in [-0.2, -0.15) is 4.72 Å². The highest BCUT2D eigenvalue weighted by Gasteiger charge is 2.27. The molecule has 0 saturated carbocycles. The molecule has 2 N–H and O–H groups in total. The van der Waals surface area contributed by atoms with E-state index >= 15 is 0 Å². The van der Waals surface area contributed by atoms with Crippen LogP contribution in [0.5, 0.6) is 0 Å². The van der Waals surface area contributed by atoms with Gasteiger partial charge in [-0.15, -0.1) is 0 Å². The van der Waals surface area contributed by atoms with Crippen LogP contribution < -0.4 is 10.0 Å². The molecule has 0 aromatic heterocycles. The third-order valence-electron chi connectivity index (χ3n) is 5.27. The molecule has 0 saturated heterocycles. The van der Waals surface area contributed by atoms with Crippen LogP contribution >= 0.6 is 15.9 Å². The predicted octanol–water partition coefficient (Wildman–Crippen LogP) is 5.10. The molecule has 0 aliphatic heterocycles. The van der Waals surface area contributed by atoms with Crippen LogP contribution in [0, 0.1) is 0 Å². The lowest BCUT2D eigenvalue weighted by Crippen LogP contribution is -2.45. The third kappa shape index (κ3) is 6.06. The molecular weight excluding hydrogens is 488 g/mol. The van der Waals surface area contributed by atoms with Crippen LogP contribution in [0.15, 0.2) is 82.2 Å². The fourth-order valence-electron chi connectivity index (χ4n) is 3.52. The second kappa shape index (κ2) is 10.9. The maximum atomic E-state index is 13.4. The Kier molecular flexibility index (Phi) is 8.23. The quantitative estimate of drug-likeness (QED) is 0.416. The zero-order chi connectivity index (χ0) is 23.1. The van der Waals surface area contributed by atoms with Gasteiger partial charge in [0.2, 0.25) is 15.9 Å². The maximum Gasteiger partial charge on any atom is 0.242 e. The number of hydrogen-bond acceptors (Lipinski definition) is 3. The Morgan fingerprint density at radius 3 is 2.03 bits per heavy atom. The molecular formula is C25H27BrN2O3S. The van der Waals surface area contributed by atoms with Crippen molar-refractivity contribution in [2.45, 2.75) is 44.0 Å². The molecule has 0 heterocycles. The first-order valence-electron chi connectivity index (χ1n) is 10.6. The molecule has 0 bridgehead atoms. The standard InChI is InChI=1S/C25H27BrN2O3S/c1-3-19-11-8-12-20(4-2)24(19)27-25(29)23(17-18-9-6-5-7-10-18)28-32(30,31)22-15-13-21(26)14-16-22/h5-16,23,28H,3-4,17H2,1-2H3,(H,27,29)/t23-/m1/s1. The number of carbonyl (C=O) groups excluding carboxylic acids is 1. The van der Waals surface area contributed by atoms with Crippen molar-refractivity contribution in [3.63, 3.8) is 0 Å². The van der Waals surface area contributed by atoms with Crippen LogP contribution in [-0.2, 0) is 34.1 Å². The summed E-state index contributed by atoms with van der Waals surface area (Å²) < 4.78 is 29.5. The molecule has 0 spiro atoms. The SMILES string of the molecule is CCc1cccc(CC)c1NC(=O)[C@@H](Cc1ccccc1)NS(=O)(=O)c1ccc(Br)cc1. The normalized spacial score (nSPS) is 12.3. The highest BCUT2D eigenvalue weighted by Crippen LogP contribution is 2.23. The lowest BCUT2D eigenvalue weighted by molar-refractivity contribution is -0.117. The van der Waals surface area contributed by atoms with Crippen molar-refractivity contribution in [1.29, 1.82) is 0 Å². The minimum Gasteiger partial charge on any atom is -0.324 e.